The van der Waals surface area contributed by atoms with E-state index in [4.69, 9.17) is 0 Å². The molecule has 0 unspecified atom stereocenters. The highest BCUT2D eigenvalue weighted by atomic mass is 19.1. The van der Waals surface area contributed by atoms with Gasteiger partial charge in [-0.05, 0) is 18.6 Å². The van der Waals surface area contributed by atoms with E-state index in [9.17, 15) is 13.6 Å². The monoisotopic (exact) mass is 230 g/mol. The summed E-state index contributed by atoms with van der Waals surface area (Å²) in [4.78, 5) is 10.6. The molecule has 0 aliphatic rings. The molecule has 16 heavy (non-hydrogen) atoms. The molecular weight excluding hydrogens is 210 g/mol. The predicted molar refractivity (Wildman–Crippen MR) is 63.4 cm³/mol. The Labute approximate surface area is 96.5 Å². The molecule has 92 valence electrons. The fourth-order valence-corrected chi connectivity index (χ4v) is 0.933. The lowest BCUT2D eigenvalue weighted by molar-refractivity contribution is -0.116. The van der Waals surface area contributed by atoms with Crippen LogP contribution in [0.25, 0.3) is 0 Å². The molecule has 1 rings (SSSR count). The lowest BCUT2D eigenvalue weighted by Gasteiger charge is -1.98. The Morgan fingerprint density at radius 2 is 1.62 bits per heavy atom. The van der Waals surface area contributed by atoms with E-state index >= 15 is 0 Å². The van der Waals surface area contributed by atoms with Crippen molar-refractivity contribution in [3.05, 3.63) is 35.4 Å². The Morgan fingerprint density at radius 3 is 2.00 bits per heavy atom. The molecule has 0 fully saturated rings. The second kappa shape index (κ2) is 10.3. The quantitative estimate of drug-likeness (QED) is 0.746. The van der Waals surface area contributed by atoms with Crippen molar-refractivity contribution in [2.75, 3.05) is 0 Å². The topological polar surface area (TPSA) is 17.1 Å². The van der Waals surface area contributed by atoms with Gasteiger partial charge in [-0.1, -0.05) is 33.8 Å². The number of rotatable bonds is 2. The van der Waals surface area contributed by atoms with E-state index in [1.54, 1.807) is 0 Å². The largest absolute Gasteiger partial charge is 0.300 e. The van der Waals surface area contributed by atoms with Crippen LogP contribution in [0.1, 0.15) is 40.2 Å². The molecule has 0 aromatic heterocycles. The van der Waals surface area contributed by atoms with Crippen molar-refractivity contribution in [3.63, 3.8) is 0 Å². The van der Waals surface area contributed by atoms with E-state index in [-0.39, 0.29) is 17.8 Å². The summed E-state index contributed by atoms with van der Waals surface area (Å²) in [5.41, 5.74) is 0.240. The van der Waals surface area contributed by atoms with Crippen LogP contribution >= 0.6 is 0 Å². The number of hydrogen-bond donors (Lipinski definition) is 0. The van der Waals surface area contributed by atoms with Gasteiger partial charge in [0.2, 0.25) is 0 Å². The lowest BCUT2D eigenvalue weighted by Crippen LogP contribution is -1.99. The normalized spacial score (nSPS) is 8.19. The number of carbonyl (C=O) groups is 1. The van der Waals surface area contributed by atoms with E-state index < -0.39 is 11.6 Å². The number of hydrogen-bond acceptors (Lipinski definition) is 1. The van der Waals surface area contributed by atoms with Crippen LogP contribution < -0.4 is 0 Å². The van der Waals surface area contributed by atoms with Gasteiger partial charge in [0.15, 0.2) is 0 Å². The standard InChI is InChI=1S/C9H8F2O.2C2H6/c1-6(12)4-7-2-3-8(10)5-9(7)11;2*1-2/h2-3,5H,4H2,1H3;2*1-2H3. The third-order valence-corrected chi connectivity index (χ3v) is 1.45. The molecule has 0 N–H and O–H groups in total. The zero-order chi connectivity index (χ0) is 13.1. The highest BCUT2D eigenvalue weighted by Gasteiger charge is 2.05. The molecule has 0 atom stereocenters. The first-order valence-electron chi connectivity index (χ1n) is 5.53. The van der Waals surface area contributed by atoms with Crippen molar-refractivity contribution in [1.29, 1.82) is 0 Å². The van der Waals surface area contributed by atoms with Crippen molar-refractivity contribution >= 4 is 5.78 Å². The molecule has 0 saturated heterocycles. The van der Waals surface area contributed by atoms with E-state index in [0.29, 0.717) is 0 Å². The fraction of sp³-hybridized carbons (Fsp3) is 0.462. The van der Waals surface area contributed by atoms with Crippen molar-refractivity contribution in [1.82, 2.24) is 0 Å². The first-order chi connectivity index (χ1) is 7.59. The smallest absolute Gasteiger partial charge is 0.134 e. The Balaban J connectivity index is 0. The summed E-state index contributed by atoms with van der Waals surface area (Å²) in [5.74, 6) is -1.43. The Morgan fingerprint density at radius 1 is 1.12 bits per heavy atom. The Hall–Kier alpha value is -1.25. The van der Waals surface area contributed by atoms with Gasteiger partial charge in [0.05, 0.1) is 0 Å². The highest BCUT2D eigenvalue weighted by Crippen LogP contribution is 2.09. The van der Waals surface area contributed by atoms with Crippen LogP contribution in [0.4, 0.5) is 8.78 Å². The minimum Gasteiger partial charge on any atom is -0.300 e. The molecule has 0 amide bonds. The van der Waals surface area contributed by atoms with Crippen molar-refractivity contribution in [3.8, 4) is 0 Å². The number of Topliss-reactive ketones (excluding diaryl/α,β-unsaturated/α-hetero) is 1. The van der Waals surface area contributed by atoms with Gasteiger partial charge in [-0.2, -0.15) is 0 Å². The van der Waals surface area contributed by atoms with Gasteiger partial charge in [0.1, 0.15) is 17.4 Å². The van der Waals surface area contributed by atoms with Crippen LogP contribution in [-0.2, 0) is 11.2 Å². The summed E-state index contributed by atoms with van der Waals surface area (Å²) >= 11 is 0. The summed E-state index contributed by atoms with van der Waals surface area (Å²) < 4.78 is 25.2. The molecule has 1 nitrogen and oxygen atoms in total. The van der Waals surface area contributed by atoms with Crippen LogP contribution in [0.15, 0.2) is 18.2 Å². The van der Waals surface area contributed by atoms with Gasteiger partial charge >= 0.3 is 0 Å². The number of ketones is 1. The molecule has 0 bridgehead atoms. The third kappa shape index (κ3) is 7.10. The van der Waals surface area contributed by atoms with Gasteiger partial charge < -0.3 is 0 Å². The molecule has 3 heteroatoms. The number of carbonyl (C=O) groups excluding carboxylic acids is 1. The summed E-state index contributed by atoms with van der Waals surface area (Å²) in [7, 11) is 0. The molecule has 0 saturated carbocycles. The first-order valence-corrected chi connectivity index (χ1v) is 5.53. The van der Waals surface area contributed by atoms with Gasteiger partial charge in [-0.3, -0.25) is 4.79 Å². The lowest BCUT2D eigenvalue weighted by atomic mass is 10.1. The van der Waals surface area contributed by atoms with Gasteiger partial charge in [0, 0.05) is 12.5 Å². The summed E-state index contributed by atoms with van der Waals surface area (Å²) in [6.07, 6.45) is 0.0200. The van der Waals surface area contributed by atoms with Crippen LogP contribution in [0.5, 0.6) is 0 Å². The third-order valence-electron chi connectivity index (χ3n) is 1.45. The Bertz CT molecular complexity index is 309. The number of benzene rings is 1. The molecule has 0 aliphatic carbocycles. The number of halogens is 2. The minimum absolute atomic E-state index is 0.0200. The summed E-state index contributed by atoms with van der Waals surface area (Å²) in [6.45, 7) is 9.36. The molecule has 1 aromatic carbocycles. The molecular formula is C13H20F2O. The first kappa shape index (κ1) is 17.2. The van der Waals surface area contributed by atoms with E-state index in [1.807, 2.05) is 27.7 Å². The SMILES string of the molecule is CC.CC.CC(=O)Cc1ccc(F)cc1F. The van der Waals surface area contributed by atoms with Gasteiger partial charge in [-0.25, -0.2) is 8.78 Å². The van der Waals surface area contributed by atoms with E-state index in [1.165, 1.54) is 13.0 Å². The second-order valence-corrected chi connectivity index (χ2v) is 2.61. The Kier molecular flexibility index (Phi) is 11.0. The van der Waals surface area contributed by atoms with Crippen LogP contribution in [0.2, 0.25) is 0 Å². The molecule has 0 radical (unpaired) electrons. The maximum absolute atomic E-state index is 12.8. The molecule has 0 spiro atoms. The average molecular weight is 230 g/mol. The second-order valence-electron chi connectivity index (χ2n) is 2.61. The van der Waals surface area contributed by atoms with Gasteiger partial charge in [0.25, 0.3) is 0 Å². The fourth-order valence-electron chi connectivity index (χ4n) is 0.933. The molecule has 0 heterocycles. The minimum atomic E-state index is -0.662. The van der Waals surface area contributed by atoms with Gasteiger partial charge in [-0.15, -0.1) is 0 Å². The van der Waals surface area contributed by atoms with Crippen LogP contribution in [-0.4, -0.2) is 5.78 Å². The van der Waals surface area contributed by atoms with Crippen molar-refractivity contribution in [2.24, 2.45) is 0 Å². The predicted octanol–water partition coefficient (Wildman–Crippen LogP) is 4.15. The maximum atomic E-state index is 12.8. The highest BCUT2D eigenvalue weighted by molar-refractivity contribution is 5.78. The van der Waals surface area contributed by atoms with Crippen molar-refractivity contribution < 1.29 is 13.6 Å². The molecule has 1 aromatic rings. The summed E-state index contributed by atoms with van der Waals surface area (Å²) in [6, 6.07) is 3.20. The van der Waals surface area contributed by atoms with Crippen LogP contribution in [0, 0.1) is 11.6 Å². The zero-order valence-electron chi connectivity index (χ0n) is 10.6. The maximum Gasteiger partial charge on any atom is 0.134 e. The van der Waals surface area contributed by atoms with E-state index in [0.717, 1.165) is 12.1 Å². The average Bonchev–Trinajstić information content (AvgIpc) is 2.28. The van der Waals surface area contributed by atoms with Crippen LogP contribution in [0.3, 0.4) is 0 Å². The van der Waals surface area contributed by atoms with Crippen molar-refractivity contribution in [2.45, 2.75) is 41.0 Å². The zero-order valence-corrected chi connectivity index (χ0v) is 10.6. The van der Waals surface area contributed by atoms with E-state index in [2.05, 4.69) is 0 Å². The molecule has 0 aliphatic heterocycles. The summed E-state index contributed by atoms with van der Waals surface area (Å²) in [5, 5.41) is 0.